The van der Waals surface area contributed by atoms with Gasteiger partial charge in [0.05, 0.1) is 30.5 Å². The number of aromatic nitrogens is 2. The van der Waals surface area contributed by atoms with Crippen molar-refractivity contribution in [1.82, 2.24) is 14.5 Å². The highest BCUT2D eigenvalue weighted by Gasteiger charge is 2.47. The molecular formula is C30H27ClN4O2. The molecule has 4 aromatic rings. The number of imidazole rings is 1. The molecule has 1 aliphatic heterocycles. The maximum absolute atomic E-state index is 13.0. The second-order valence-electron chi connectivity index (χ2n) is 10.3. The first kappa shape index (κ1) is 23.6. The van der Waals surface area contributed by atoms with Crippen LogP contribution in [0.3, 0.4) is 0 Å². The third-order valence-electron chi connectivity index (χ3n) is 7.59. The van der Waals surface area contributed by atoms with Gasteiger partial charge in [-0.2, -0.15) is 0 Å². The van der Waals surface area contributed by atoms with Gasteiger partial charge in [-0.25, -0.2) is 14.6 Å². The van der Waals surface area contributed by atoms with E-state index in [1.54, 1.807) is 6.07 Å². The summed E-state index contributed by atoms with van der Waals surface area (Å²) in [6.45, 7) is 9.25. The van der Waals surface area contributed by atoms with Gasteiger partial charge in [0, 0.05) is 18.1 Å². The summed E-state index contributed by atoms with van der Waals surface area (Å²) in [6.07, 6.45) is 5.46. The fourth-order valence-corrected chi connectivity index (χ4v) is 6.12. The number of hydrogen-bond donors (Lipinski definition) is 0. The van der Waals surface area contributed by atoms with Crippen LogP contribution in [-0.2, 0) is 17.8 Å². The number of carbonyl (C=O) groups is 1. The van der Waals surface area contributed by atoms with Crippen molar-refractivity contribution >= 4 is 34.4 Å². The number of ether oxygens (including phenoxy) is 1. The highest BCUT2D eigenvalue weighted by atomic mass is 35.5. The van der Waals surface area contributed by atoms with E-state index < -0.39 is 5.60 Å². The molecule has 1 amide bonds. The normalized spacial score (nSPS) is 21.4. The molecule has 1 saturated carbocycles. The highest BCUT2D eigenvalue weighted by molar-refractivity contribution is 6.30. The van der Waals surface area contributed by atoms with E-state index in [0.29, 0.717) is 29.7 Å². The Bertz CT molecular complexity index is 1520. The van der Waals surface area contributed by atoms with Crippen LogP contribution in [0.1, 0.15) is 31.2 Å². The summed E-state index contributed by atoms with van der Waals surface area (Å²) in [5.74, 6) is 0.377. The van der Waals surface area contributed by atoms with Gasteiger partial charge >= 0.3 is 6.09 Å². The predicted molar refractivity (Wildman–Crippen MR) is 144 cm³/mol. The first-order valence-corrected chi connectivity index (χ1v) is 13.0. The maximum atomic E-state index is 13.0. The minimum absolute atomic E-state index is 0.233. The second-order valence-corrected chi connectivity index (χ2v) is 10.7. The Morgan fingerprint density at radius 3 is 2.78 bits per heavy atom. The molecule has 2 atom stereocenters. The van der Waals surface area contributed by atoms with Crippen LogP contribution in [0.5, 0.6) is 0 Å². The summed E-state index contributed by atoms with van der Waals surface area (Å²) in [5, 5.41) is 0.704. The first-order valence-electron chi connectivity index (χ1n) is 12.7. The van der Waals surface area contributed by atoms with E-state index >= 15 is 0 Å². The van der Waals surface area contributed by atoms with Crippen molar-refractivity contribution in [2.75, 3.05) is 6.54 Å². The van der Waals surface area contributed by atoms with E-state index in [4.69, 9.17) is 22.9 Å². The molecule has 1 spiro atoms. The average Bonchev–Trinajstić information content (AvgIpc) is 3.43. The zero-order valence-electron chi connectivity index (χ0n) is 20.4. The molecule has 186 valence electrons. The van der Waals surface area contributed by atoms with E-state index in [1.807, 2.05) is 53.7 Å². The van der Waals surface area contributed by atoms with Gasteiger partial charge in [-0.3, -0.25) is 4.90 Å². The fourth-order valence-electron chi connectivity index (χ4n) is 5.93. The molecule has 2 aliphatic rings. The van der Waals surface area contributed by atoms with Crippen LogP contribution >= 0.6 is 11.6 Å². The van der Waals surface area contributed by atoms with Crippen LogP contribution in [0, 0.1) is 12.5 Å². The zero-order chi connectivity index (χ0) is 25.4. The Hall–Kier alpha value is -3.82. The molecule has 2 fully saturated rings. The Balaban J connectivity index is 1.16. The zero-order valence-corrected chi connectivity index (χ0v) is 21.2. The smallest absolute Gasteiger partial charge is 0.410 e. The number of nitrogens with zero attached hydrogens (tertiary/aromatic N) is 4. The summed E-state index contributed by atoms with van der Waals surface area (Å²) < 4.78 is 8.23. The molecule has 2 heterocycles. The van der Waals surface area contributed by atoms with Gasteiger partial charge in [-0.05, 0) is 78.6 Å². The lowest BCUT2D eigenvalue weighted by molar-refractivity contribution is 0.00415. The lowest BCUT2D eigenvalue weighted by Crippen LogP contribution is -2.40. The van der Waals surface area contributed by atoms with E-state index in [-0.39, 0.29) is 6.09 Å². The minimum atomic E-state index is -0.442. The third kappa shape index (κ3) is 4.80. The summed E-state index contributed by atoms with van der Waals surface area (Å²) >= 11 is 6.19. The molecule has 1 aliphatic carbocycles. The standard InChI is InChI=1S/C30H27ClN4O2/c1-32-26-10-11-27-28(15-26)35(20-33-27)18-22-6-4-12-30(16-22)19-34(29(36)37-30)17-21-5-2-7-23(13-21)24-8-3-9-25(31)14-24/h2-3,5,7-11,13-15,20,22H,4,6,12,16-19H2/t22-,30-/m0/s1. The molecule has 6 nitrogen and oxygen atoms in total. The number of carbonyl (C=O) groups excluding carboxylic acids is 1. The SMILES string of the molecule is [C-]#[N+]c1ccc2ncn(C[C@H]3CCC[C@]4(C3)CN(Cc3cccc(-c5cccc(Cl)c5)c3)C(=O)O4)c2c1. The fraction of sp³-hybridized carbons (Fsp3) is 0.300. The molecule has 37 heavy (non-hydrogen) atoms. The van der Waals surface area contributed by atoms with E-state index in [2.05, 4.69) is 32.6 Å². The Morgan fingerprint density at radius 2 is 1.95 bits per heavy atom. The van der Waals surface area contributed by atoms with Crippen molar-refractivity contribution in [2.24, 2.45) is 5.92 Å². The number of hydrogen-bond acceptors (Lipinski definition) is 3. The number of fused-ring (bicyclic) bond motifs is 1. The number of rotatable bonds is 5. The van der Waals surface area contributed by atoms with Crippen LogP contribution in [0.15, 0.2) is 73.1 Å². The molecule has 1 saturated heterocycles. The molecule has 3 aromatic carbocycles. The van der Waals surface area contributed by atoms with E-state index in [1.165, 1.54) is 0 Å². The van der Waals surface area contributed by atoms with Gasteiger partial charge in [-0.15, -0.1) is 0 Å². The molecule has 7 heteroatoms. The summed E-state index contributed by atoms with van der Waals surface area (Å²) in [5.41, 5.74) is 5.26. The molecule has 1 aromatic heterocycles. The highest BCUT2D eigenvalue weighted by Crippen LogP contribution is 2.41. The topological polar surface area (TPSA) is 51.7 Å². The van der Waals surface area contributed by atoms with Gasteiger partial charge in [0.2, 0.25) is 0 Å². The summed E-state index contributed by atoms with van der Waals surface area (Å²) in [4.78, 5) is 22.9. The van der Waals surface area contributed by atoms with Gasteiger partial charge in [-0.1, -0.05) is 48.0 Å². The number of amides is 1. The Kier molecular flexibility index (Phi) is 6.10. The van der Waals surface area contributed by atoms with E-state index in [0.717, 1.165) is 60.0 Å². The van der Waals surface area contributed by atoms with Crippen LogP contribution in [0.2, 0.25) is 5.02 Å². The van der Waals surface area contributed by atoms with Crippen LogP contribution in [-0.4, -0.2) is 32.7 Å². The van der Waals surface area contributed by atoms with Crippen LogP contribution in [0.4, 0.5) is 10.5 Å². The predicted octanol–water partition coefficient (Wildman–Crippen LogP) is 7.49. The van der Waals surface area contributed by atoms with Gasteiger partial charge in [0.1, 0.15) is 5.60 Å². The van der Waals surface area contributed by atoms with Crippen LogP contribution in [0.25, 0.3) is 27.0 Å². The lowest BCUT2D eigenvalue weighted by atomic mass is 9.78. The van der Waals surface area contributed by atoms with E-state index in [9.17, 15) is 4.79 Å². The van der Waals surface area contributed by atoms with Crippen molar-refractivity contribution in [1.29, 1.82) is 0 Å². The maximum Gasteiger partial charge on any atom is 0.410 e. The Morgan fingerprint density at radius 1 is 1.11 bits per heavy atom. The summed E-state index contributed by atoms with van der Waals surface area (Å²) in [6, 6.07) is 21.7. The minimum Gasteiger partial charge on any atom is -0.441 e. The molecule has 0 N–H and O–H groups in total. The second kappa shape index (κ2) is 9.57. The number of benzene rings is 3. The molecule has 0 radical (unpaired) electrons. The van der Waals surface area contributed by atoms with Gasteiger partial charge < -0.3 is 9.30 Å². The first-order chi connectivity index (χ1) is 18.0. The van der Waals surface area contributed by atoms with Crippen molar-refractivity contribution < 1.29 is 9.53 Å². The average molecular weight is 511 g/mol. The molecular weight excluding hydrogens is 484 g/mol. The van der Waals surface area contributed by atoms with Gasteiger partial charge in [0.25, 0.3) is 0 Å². The molecule has 0 bridgehead atoms. The van der Waals surface area contributed by atoms with Crippen molar-refractivity contribution in [3.05, 3.63) is 95.1 Å². The monoisotopic (exact) mass is 510 g/mol. The van der Waals surface area contributed by atoms with Crippen molar-refractivity contribution in [3.63, 3.8) is 0 Å². The lowest BCUT2D eigenvalue weighted by Gasteiger charge is -2.36. The molecule has 6 rings (SSSR count). The summed E-state index contributed by atoms with van der Waals surface area (Å²) in [7, 11) is 0. The van der Waals surface area contributed by atoms with Crippen molar-refractivity contribution in [3.8, 4) is 11.1 Å². The Labute approximate surface area is 221 Å². The largest absolute Gasteiger partial charge is 0.441 e. The molecule has 0 unspecified atom stereocenters. The van der Waals surface area contributed by atoms with Crippen molar-refractivity contribution in [2.45, 2.75) is 44.4 Å². The third-order valence-corrected chi connectivity index (χ3v) is 7.83. The number of halogens is 1. The van der Waals surface area contributed by atoms with Crippen LogP contribution < -0.4 is 0 Å². The quantitative estimate of drug-likeness (QED) is 0.261. The van der Waals surface area contributed by atoms with Gasteiger partial charge in [0.15, 0.2) is 5.69 Å².